The summed E-state index contributed by atoms with van der Waals surface area (Å²) in [6.45, 7) is 6.79. The normalized spacial score (nSPS) is 12.2. The van der Waals surface area contributed by atoms with E-state index >= 15 is 0 Å². The Hall–Kier alpha value is -1.38. The smallest absolute Gasteiger partial charge is 0.125 e. The Kier molecular flexibility index (Phi) is 4.96. The van der Waals surface area contributed by atoms with Gasteiger partial charge in [0.25, 0.3) is 0 Å². The van der Waals surface area contributed by atoms with Gasteiger partial charge in [-0.3, -0.25) is 0 Å². The summed E-state index contributed by atoms with van der Waals surface area (Å²) < 4.78 is 11.2. The number of anilines is 1. The molecule has 0 aliphatic heterocycles. The Morgan fingerprint density at radius 2 is 1.88 bits per heavy atom. The van der Waals surface area contributed by atoms with Gasteiger partial charge in [0.1, 0.15) is 11.5 Å². The number of benzene rings is 1. The van der Waals surface area contributed by atoms with Crippen molar-refractivity contribution in [3.63, 3.8) is 0 Å². The van der Waals surface area contributed by atoms with E-state index in [9.17, 15) is 0 Å². The SMILES string of the molecule is CCCC(C)Oc1cc(N)cc(OCC)c1. The molecule has 0 aliphatic carbocycles. The van der Waals surface area contributed by atoms with Crippen LogP contribution in [0, 0.1) is 0 Å². The van der Waals surface area contributed by atoms with Crippen molar-refractivity contribution < 1.29 is 9.47 Å². The largest absolute Gasteiger partial charge is 0.494 e. The second kappa shape index (κ2) is 6.26. The molecule has 1 aromatic rings. The molecular weight excluding hydrogens is 202 g/mol. The summed E-state index contributed by atoms with van der Waals surface area (Å²) in [6, 6.07) is 5.52. The summed E-state index contributed by atoms with van der Waals surface area (Å²) in [5.74, 6) is 1.55. The van der Waals surface area contributed by atoms with Crippen LogP contribution in [0.15, 0.2) is 18.2 Å². The van der Waals surface area contributed by atoms with E-state index in [4.69, 9.17) is 15.2 Å². The zero-order valence-electron chi connectivity index (χ0n) is 10.3. The molecule has 0 spiro atoms. The average Bonchev–Trinajstić information content (AvgIpc) is 2.17. The Labute approximate surface area is 97.6 Å². The zero-order valence-corrected chi connectivity index (χ0v) is 10.3. The van der Waals surface area contributed by atoms with E-state index in [1.54, 1.807) is 6.07 Å². The molecule has 0 aliphatic rings. The van der Waals surface area contributed by atoms with Gasteiger partial charge in [-0.05, 0) is 20.3 Å². The molecule has 0 aromatic heterocycles. The minimum absolute atomic E-state index is 0.210. The lowest BCUT2D eigenvalue weighted by molar-refractivity contribution is 0.209. The number of nitrogen functional groups attached to an aromatic ring is 1. The number of hydrogen-bond donors (Lipinski definition) is 1. The van der Waals surface area contributed by atoms with Crippen LogP contribution in [0.5, 0.6) is 11.5 Å². The average molecular weight is 223 g/mol. The molecule has 16 heavy (non-hydrogen) atoms. The molecule has 3 heteroatoms. The van der Waals surface area contributed by atoms with Gasteiger partial charge in [-0.15, -0.1) is 0 Å². The van der Waals surface area contributed by atoms with E-state index in [2.05, 4.69) is 13.8 Å². The quantitative estimate of drug-likeness (QED) is 0.753. The van der Waals surface area contributed by atoms with E-state index in [0.717, 1.165) is 24.3 Å². The van der Waals surface area contributed by atoms with Crippen LogP contribution in [0.25, 0.3) is 0 Å². The Morgan fingerprint density at radius 3 is 2.50 bits per heavy atom. The summed E-state index contributed by atoms with van der Waals surface area (Å²) in [4.78, 5) is 0. The van der Waals surface area contributed by atoms with Crippen LogP contribution in [-0.2, 0) is 0 Å². The number of hydrogen-bond acceptors (Lipinski definition) is 3. The number of nitrogens with two attached hydrogens (primary N) is 1. The highest BCUT2D eigenvalue weighted by molar-refractivity contribution is 5.50. The first-order valence-corrected chi connectivity index (χ1v) is 5.85. The van der Waals surface area contributed by atoms with Crippen molar-refractivity contribution in [3.8, 4) is 11.5 Å². The van der Waals surface area contributed by atoms with E-state index in [1.165, 1.54) is 0 Å². The van der Waals surface area contributed by atoms with Crippen molar-refractivity contribution in [2.45, 2.75) is 39.7 Å². The van der Waals surface area contributed by atoms with Crippen molar-refractivity contribution in [1.82, 2.24) is 0 Å². The summed E-state index contributed by atoms with van der Waals surface area (Å²) in [5, 5.41) is 0. The lowest BCUT2D eigenvalue weighted by Crippen LogP contribution is -2.11. The van der Waals surface area contributed by atoms with Crippen molar-refractivity contribution >= 4 is 5.69 Å². The van der Waals surface area contributed by atoms with Crippen molar-refractivity contribution in [1.29, 1.82) is 0 Å². The first-order valence-electron chi connectivity index (χ1n) is 5.85. The van der Waals surface area contributed by atoms with Gasteiger partial charge in [0.05, 0.1) is 12.7 Å². The fraction of sp³-hybridized carbons (Fsp3) is 0.538. The molecule has 0 amide bonds. The third kappa shape index (κ3) is 4.01. The molecule has 1 unspecified atom stereocenters. The fourth-order valence-electron chi connectivity index (χ4n) is 1.61. The molecule has 1 atom stereocenters. The van der Waals surface area contributed by atoms with Crippen LogP contribution < -0.4 is 15.2 Å². The maximum Gasteiger partial charge on any atom is 0.125 e. The lowest BCUT2D eigenvalue weighted by atomic mass is 10.2. The molecule has 2 N–H and O–H groups in total. The maximum absolute atomic E-state index is 5.78. The molecule has 1 aromatic carbocycles. The van der Waals surface area contributed by atoms with Gasteiger partial charge in [-0.1, -0.05) is 13.3 Å². The number of ether oxygens (including phenoxy) is 2. The van der Waals surface area contributed by atoms with Crippen molar-refractivity contribution in [2.75, 3.05) is 12.3 Å². The lowest BCUT2D eigenvalue weighted by Gasteiger charge is -2.15. The Bertz CT molecular complexity index is 326. The van der Waals surface area contributed by atoms with Gasteiger partial charge in [-0.2, -0.15) is 0 Å². The van der Waals surface area contributed by atoms with Crippen molar-refractivity contribution in [2.24, 2.45) is 0 Å². The zero-order chi connectivity index (χ0) is 12.0. The molecule has 0 heterocycles. The number of rotatable bonds is 6. The van der Waals surface area contributed by atoms with Gasteiger partial charge in [0.2, 0.25) is 0 Å². The van der Waals surface area contributed by atoms with Gasteiger partial charge >= 0.3 is 0 Å². The fourth-order valence-corrected chi connectivity index (χ4v) is 1.61. The highest BCUT2D eigenvalue weighted by atomic mass is 16.5. The molecule has 3 nitrogen and oxygen atoms in total. The predicted octanol–water partition coefficient (Wildman–Crippen LogP) is 3.23. The Balaban J connectivity index is 2.71. The predicted molar refractivity (Wildman–Crippen MR) is 67.0 cm³/mol. The summed E-state index contributed by atoms with van der Waals surface area (Å²) in [6.07, 6.45) is 2.36. The molecule has 1 rings (SSSR count). The third-order valence-electron chi connectivity index (χ3n) is 2.25. The van der Waals surface area contributed by atoms with Crippen molar-refractivity contribution in [3.05, 3.63) is 18.2 Å². The van der Waals surface area contributed by atoms with Crippen LogP contribution in [0.1, 0.15) is 33.6 Å². The van der Waals surface area contributed by atoms with E-state index < -0.39 is 0 Å². The van der Waals surface area contributed by atoms with Gasteiger partial charge in [0.15, 0.2) is 0 Å². The maximum atomic E-state index is 5.78. The first-order chi connectivity index (χ1) is 7.65. The highest BCUT2D eigenvalue weighted by Crippen LogP contribution is 2.25. The Morgan fingerprint density at radius 1 is 1.19 bits per heavy atom. The van der Waals surface area contributed by atoms with Gasteiger partial charge < -0.3 is 15.2 Å². The van der Waals surface area contributed by atoms with Crippen LogP contribution in [0.2, 0.25) is 0 Å². The summed E-state index contributed by atoms with van der Waals surface area (Å²) >= 11 is 0. The second-order valence-corrected chi connectivity index (χ2v) is 3.89. The molecule has 0 bridgehead atoms. The van der Waals surface area contributed by atoms with E-state index in [-0.39, 0.29) is 6.10 Å². The van der Waals surface area contributed by atoms with Gasteiger partial charge in [0, 0.05) is 23.9 Å². The van der Waals surface area contributed by atoms with E-state index in [0.29, 0.717) is 12.3 Å². The molecular formula is C13H21NO2. The summed E-state index contributed by atoms with van der Waals surface area (Å²) in [7, 11) is 0. The van der Waals surface area contributed by atoms with E-state index in [1.807, 2.05) is 19.1 Å². The minimum atomic E-state index is 0.210. The standard InChI is InChI=1S/C13H21NO2/c1-4-6-10(3)16-13-8-11(14)7-12(9-13)15-5-2/h7-10H,4-6,14H2,1-3H3. The first kappa shape index (κ1) is 12.7. The highest BCUT2D eigenvalue weighted by Gasteiger charge is 2.05. The van der Waals surface area contributed by atoms with Crippen LogP contribution in [-0.4, -0.2) is 12.7 Å². The van der Waals surface area contributed by atoms with Crippen LogP contribution in [0.3, 0.4) is 0 Å². The minimum Gasteiger partial charge on any atom is -0.494 e. The van der Waals surface area contributed by atoms with Crippen LogP contribution >= 0.6 is 0 Å². The topological polar surface area (TPSA) is 44.5 Å². The van der Waals surface area contributed by atoms with Crippen LogP contribution in [0.4, 0.5) is 5.69 Å². The van der Waals surface area contributed by atoms with Gasteiger partial charge in [-0.25, -0.2) is 0 Å². The molecule has 0 fully saturated rings. The monoisotopic (exact) mass is 223 g/mol. The molecule has 0 saturated carbocycles. The third-order valence-corrected chi connectivity index (χ3v) is 2.25. The molecule has 0 saturated heterocycles. The molecule has 0 radical (unpaired) electrons. The summed E-state index contributed by atoms with van der Waals surface area (Å²) in [5.41, 5.74) is 6.45. The second-order valence-electron chi connectivity index (χ2n) is 3.89. The molecule has 90 valence electrons.